The van der Waals surface area contributed by atoms with Crippen LogP contribution in [0.15, 0.2) is 18.2 Å². The second-order valence-corrected chi connectivity index (χ2v) is 5.49. The molecule has 0 heterocycles. The normalized spacial score (nSPS) is 21.6. The van der Waals surface area contributed by atoms with Crippen LogP contribution in [-0.2, 0) is 4.79 Å². The molecule has 2 atom stereocenters. The summed E-state index contributed by atoms with van der Waals surface area (Å²) >= 11 is 5.87. The fourth-order valence-corrected chi connectivity index (χ4v) is 2.78. The Morgan fingerprint density at radius 2 is 2.15 bits per heavy atom. The van der Waals surface area contributed by atoms with E-state index in [1.54, 1.807) is 12.1 Å². The highest BCUT2D eigenvalue weighted by Gasteiger charge is 2.32. The Hall–Kier alpha value is -1.75. The minimum absolute atomic E-state index is 0.000652. The first-order chi connectivity index (χ1) is 9.49. The topological polar surface area (TPSA) is 92.4 Å². The number of carboxylic acid groups (broad SMARTS) is 1. The second-order valence-electron chi connectivity index (χ2n) is 5.08. The monoisotopic (exact) mass is 296 g/mol. The summed E-state index contributed by atoms with van der Waals surface area (Å²) in [6.45, 7) is 0.373. The summed E-state index contributed by atoms with van der Waals surface area (Å²) in [5, 5.41) is 12.2. The predicted molar refractivity (Wildman–Crippen MR) is 76.7 cm³/mol. The number of carboxylic acids is 1. The number of hydrogen-bond acceptors (Lipinski definition) is 3. The summed E-state index contributed by atoms with van der Waals surface area (Å²) in [4.78, 5) is 23.0. The second kappa shape index (κ2) is 6.13. The molecule has 1 aromatic carbocycles. The van der Waals surface area contributed by atoms with Crippen LogP contribution in [0.2, 0.25) is 5.02 Å². The predicted octanol–water partition coefficient (Wildman–Crippen LogP) is 2.15. The maximum Gasteiger partial charge on any atom is 0.306 e. The van der Waals surface area contributed by atoms with Gasteiger partial charge in [-0.15, -0.1) is 0 Å². The van der Waals surface area contributed by atoms with Crippen LogP contribution in [0.3, 0.4) is 0 Å². The molecule has 20 heavy (non-hydrogen) atoms. The Morgan fingerprint density at radius 1 is 1.40 bits per heavy atom. The summed E-state index contributed by atoms with van der Waals surface area (Å²) in [7, 11) is 0. The van der Waals surface area contributed by atoms with Crippen LogP contribution in [0.4, 0.5) is 5.69 Å². The standard InChI is InChI=1S/C14H17ClN2O3/c15-11-6-8(4-5-12(11)16)13(18)17-7-9-2-1-3-10(9)14(19)20/h4-6,9-10H,1-3,7,16H2,(H,17,18)(H,19,20). The first-order valence-electron chi connectivity index (χ1n) is 6.55. The SMILES string of the molecule is Nc1ccc(C(=O)NCC2CCCC2C(=O)O)cc1Cl. The van der Waals surface area contributed by atoms with Gasteiger partial charge < -0.3 is 16.2 Å². The Bertz CT molecular complexity index is 533. The molecular formula is C14H17ClN2O3. The lowest BCUT2D eigenvalue weighted by Crippen LogP contribution is -2.33. The van der Waals surface area contributed by atoms with Crippen molar-refractivity contribution in [3.05, 3.63) is 28.8 Å². The number of anilines is 1. The third kappa shape index (κ3) is 3.22. The average Bonchev–Trinajstić information content (AvgIpc) is 2.87. The summed E-state index contributed by atoms with van der Waals surface area (Å²) < 4.78 is 0. The van der Waals surface area contributed by atoms with Gasteiger partial charge in [0.2, 0.25) is 0 Å². The average molecular weight is 297 g/mol. The lowest BCUT2D eigenvalue weighted by molar-refractivity contribution is -0.142. The Labute approximate surface area is 122 Å². The van der Waals surface area contributed by atoms with E-state index in [0.717, 1.165) is 12.8 Å². The van der Waals surface area contributed by atoms with E-state index in [1.807, 2.05) is 0 Å². The molecule has 0 spiro atoms. The van der Waals surface area contributed by atoms with Gasteiger partial charge in [-0.1, -0.05) is 18.0 Å². The molecule has 0 bridgehead atoms. The Kier molecular flexibility index (Phi) is 4.49. The fourth-order valence-electron chi connectivity index (χ4n) is 2.60. The molecule has 5 nitrogen and oxygen atoms in total. The minimum Gasteiger partial charge on any atom is -0.481 e. The van der Waals surface area contributed by atoms with Crippen LogP contribution in [0, 0.1) is 11.8 Å². The molecule has 1 fully saturated rings. The summed E-state index contributed by atoms with van der Waals surface area (Å²) in [5.74, 6) is -1.40. The summed E-state index contributed by atoms with van der Waals surface area (Å²) in [5.41, 5.74) is 6.43. The molecule has 2 unspecified atom stereocenters. The number of nitrogens with one attached hydrogen (secondary N) is 1. The quantitative estimate of drug-likeness (QED) is 0.742. The van der Waals surface area contributed by atoms with Gasteiger partial charge in [0, 0.05) is 12.1 Å². The lowest BCUT2D eigenvalue weighted by Gasteiger charge is -2.16. The van der Waals surface area contributed by atoms with Crippen molar-refractivity contribution in [3.8, 4) is 0 Å². The molecule has 6 heteroatoms. The van der Waals surface area contributed by atoms with E-state index in [4.69, 9.17) is 22.4 Å². The zero-order valence-electron chi connectivity index (χ0n) is 10.9. The molecule has 1 amide bonds. The highest BCUT2D eigenvalue weighted by Crippen LogP contribution is 2.31. The molecule has 0 radical (unpaired) electrons. The zero-order valence-corrected chi connectivity index (χ0v) is 11.7. The maximum absolute atomic E-state index is 12.0. The molecule has 2 rings (SSSR count). The highest BCUT2D eigenvalue weighted by molar-refractivity contribution is 6.33. The molecule has 1 aromatic rings. The number of amides is 1. The number of rotatable bonds is 4. The van der Waals surface area contributed by atoms with E-state index in [-0.39, 0.29) is 17.7 Å². The van der Waals surface area contributed by atoms with Crippen molar-refractivity contribution in [2.75, 3.05) is 12.3 Å². The molecule has 1 saturated carbocycles. The van der Waals surface area contributed by atoms with E-state index in [2.05, 4.69) is 5.32 Å². The van der Waals surface area contributed by atoms with E-state index in [9.17, 15) is 9.59 Å². The largest absolute Gasteiger partial charge is 0.481 e. The molecule has 1 aliphatic carbocycles. The maximum atomic E-state index is 12.0. The van der Waals surface area contributed by atoms with E-state index in [0.29, 0.717) is 29.2 Å². The molecule has 0 aromatic heterocycles. The zero-order chi connectivity index (χ0) is 14.7. The van der Waals surface area contributed by atoms with Gasteiger partial charge in [-0.25, -0.2) is 0 Å². The number of aliphatic carboxylic acids is 1. The number of benzene rings is 1. The number of nitrogens with two attached hydrogens (primary N) is 1. The van der Waals surface area contributed by atoms with Crippen molar-refractivity contribution in [1.29, 1.82) is 0 Å². The number of carbonyl (C=O) groups is 2. The van der Waals surface area contributed by atoms with Crippen molar-refractivity contribution in [2.24, 2.45) is 11.8 Å². The van der Waals surface area contributed by atoms with Crippen LogP contribution in [0.25, 0.3) is 0 Å². The summed E-state index contributed by atoms with van der Waals surface area (Å²) in [6, 6.07) is 4.68. The van der Waals surface area contributed by atoms with Gasteiger partial charge >= 0.3 is 5.97 Å². The lowest BCUT2D eigenvalue weighted by atomic mass is 9.96. The van der Waals surface area contributed by atoms with Gasteiger partial charge in [0.05, 0.1) is 16.6 Å². The molecule has 1 aliphatic rings. The van der Waals surface area contributed by atoms with Crippen LogP contribution in [0.1, 0.15) is 29.6 Å². The van der Waals surface area contributed by atoms with Crippen molar-refractivity contribution in [3.63, 3.8) is 0 Å². The van der Waals surface area contributed by atoms with E-state index in [1.165, 1.54) is 6.07 Å². The number of hydrogen-bond donors (Lipinski definition) is 3. The highest BCUT2D eigenvalue weighted by atomic mass is 35.5. The summed E-state index contributed by atoms with van der Waals surface area (Å²) in [6.07, 6.45) is 2.41. The molecule has 0 saturated heterocycles. The van der Waals surface area contributed by atoms with Crippen molar-refractivity contribution < 1.29 is 14.7 Å². The van der Waals surface area contributed by atoms with E-state index < -0.39 is 5.97 Å². The molecule has 4 N–H and O–H groups in total. The van der Waals surface area contributed by atoms with Gasteiger partial charge in [-0.2, -0.15) is 0 Å². The van der Waals surface area contributed by atoms with Gasteiger partial charge in [0.25, 0.3) is 5.91 Å². The third-order valence-corrected chi connectivity index (χ3v) is 4.09. The molecule has 108 valence electrons. The van der Waals surface area contributed by atoms with Crippen molar-refractivity contribution in [2.45, 2.75) is 19.3 Å². The Morgan fingerprint density at radius 3 is 2.80 bits per heavy atom. The van der Waals surface area contributed by atoms with E-state index >= 15 is 0 Å². The van der Waals surface area contributed by atoms with Gasteiger partial charge in [-0.3, -0.25) is 9.59 Å². The van der Waals surface area contributed by atoms with Gasteiger partial charge in [-0.05, 0) is 37.0 Å². The number of nitrogen functional groups attached to an aromatic ring is 1. The molecule has 0 aliphatic heterocycles. The van der Waals surface area contributed by atoms with Crippen LogP contribution < -0.4 is 11.1 Å². The smallest absolute Gasteiger partial charge is 0.306 e. The van der Waals surface area contributed by atoms with Crippen LogP contribution in [0.5, 0.6) is 0 Å². The third-order valence-electron chi connectivity index (χ3n) is 3.76. The minimum atomic E-state index is -0.780. The molecular weight excluding hydrogens is 280 g/mol. The number of carbonyl (C=O) groups excluding carboxylic acids is 1. The number of halogens is 1. The first kappa shape index (κ1) is 14.7. The van der Waals surface area contributed by atoms with Gasteiger partial charge in [0.1, 0.15) is 0 Å². The van der Waals surface area contributed by atoms with Gasteiger partial charge in [0.15, 0.2) is 0 Å². The van der Waals surface area contributed by atoms with Crippen molar-refractivity contribution >= 4 is 29.2 Å². The Balaban J connectivity index is 1.95. The first-order valence-corrected chi connectivity index (χ1v) is 6.93. The fraction of sp³-hybridized carbons (Fsp3) is 0.429. The van der Waals surface area contributed by atoms with Crippen LogP contribution in [-0.4, -0.2) is 23.5 Å². The van der Waals surface area contributed by atoms with Crippen molar-refractivity contribution in [1.82, 2.24) is 5.32 Å². The van der Waals surface area contributed by atoms with Crippen LogP contribution >= 0.6 is 11.6 Å².